The maximum absolute atomic E-state index is 4.40. The summed E-state index contributed by atoms with van der Waals surface area (Å²) >= 11 is 6.19. The molecule has 1 rings (SSSR count). The average molecular weight is 184 g/mol. The molecule has 0 amide bonds. The average Bonchev–Trinajstić information content (AvgIpc) is 2.06. The first-order valence-corrected chi connectivity index (χ1v) is 5.38. The Balaban J connectivity index is 2.51. The summed E-state index contributed by atoms with van der Waals surface area (Å²) in [4.78, 5) is 0. The van der Waals surface area contributed by atoms with Gasteiger partial charge in [-0.25, -0.2) is 0 Å². The molecule has 0 aromatic heterocycles. The van der Waals surface area contributed by atoms with Gasteiger partial charge in [0.15, 0.2) is 0 Å². The van der Waals surface area contributed by atoms with Gasteiger partial charge in [0.25, 0.3) is 0 Å². The fourth-order valence-electron chi connectivity index (χ4n) is 0.899. The molecule has 0 heterocycles. The largest absolute Gasteiger partial charge is 0.165 e. The van der Waals surface area contributed by atoms with Crippen LogP contribution < -0.4 is 0 Å². The Labute approximate surface area is 77.8 Å². The van der Waals surface area contributed by atoms with Crippen LogP contribution in [-0.4, -0.2) is 10.8 Å². The molecule has 0 saturated heterocycles. The number of hydrogen-bond donors (Lipinski definition) is 1. The molecule has 0 radical (unpaired) electrons. The third-order valence-corrected chi connectivity index (χ3v) is 3.05. The number of benzene rings is 1. The highest BCUT2D eigenvalue weighted by Crippen LogP contribution is 2.16. The minimum Gasteiger partial charge on any atom is -0.165 e. The van der Waals surface area contributed by atoms with Crippen LogP contribution in [0.4, 0.5) is 0 Å². The van der Waals surface area contributed by atoms with Gasteiger partial charge >= 0.3 is 0 Å². The van der Waals surface area contributed by atoms with Crippen LogP contribution in [0, 0.1) is 0 Å². The minimum atomic E-state index is 0.428. The summed E-state index contributed by atoms with van der Waals surface area (Å²) in [5.41, 5.74) is 1.36. The molecule has 0 N–H and O–H groups in total. The van der Waals surface area contributed by atoms with Gasteiger partial charge in [-0.3, -0.25) is 0 Å². The van der Waals surface area contributed by atoms with Crippen molar-refractivity contribution in [3.63, 3.8) is 0 Å². The van der Waals surface area contributed by atoms with E-state index in [1.807, 2.05) is 6.07 Å². The van der Waals surface area contributed by atoms with Gasteiger partial charge in [-0.1, -0.05) is 30.3 Å². The summed E-state index contributed by atoms with van der Waals surface area (Å²) in [6, 6.07) is 10.4. The van der Waals surface area contributed by atoms with Crippen molar-refractivity contribution in [2.24, 2.45) is 0 Å². The van der Waals surface area contributed by atoms with Crippen LogP contribution in [-0.2, 0) is 6.42 Å². The first-order valence-electron chi connectivity index (χ1n) is 3.57. The smallest absolute Gasteiger partial charge is 0.0509 e. The van der Waals surface area contributed by atoms with Crippen molar-refractivity contribution in [1.82, 2.24) is 0 Å². The summed E-state index contributed by atoms with van der Waals surface area (Å²) < 4.78 is 0.428. The molecule has 0 aliphatic heterocycles. The van der Waals surface area contributed by atoms with E-state index >= 15 is 0 Å². The second-order valence-electron chi connectivity index (χ2n) is 2.38. The lowest BCUT2D eigenvalue weighted by atomic mass is 10.2. The van der Waals surface area contributed by atoms with Crippen LogP contribution in [0.2, 0.25) is 0 Å². The number of rotatable bonds is 3. The Hall–Kier alpha value is -0.0800. The van der Waals surface area contributed by atoms with Gasteiger partial charge in [0.2, 0.25) is 0 Å². The molecule has 2 heteroatoms. The van der Waals surface area contributed by atoms with Gasteiger partial charge < -0.3 is 0 Å². The van der Waals surface area contributed by atoms with Crippen molar-refractivity contribution in [2.45, 2.75) is 11.0 Å². The quantitative estimate of drug-likeness (QED) is 0.557. The number of thioether (sulfide) groups is 1. The van der Waals surface area contributed by atoms with E-state index in [1.54, 1.807) is 11.8 Å². The second kappa shape index (κ2) is 4.73. The molecule has 0 spiro atoms. The second-order valence-corrected chi connectivity index (χ2v) is 4.39. The molecule has 0 aliphatic rings. The summed E-state index contributed by atoms with van der Waals surface area (Å²) in [6.07, 6.45) is 3.13. The molecule has 0 bridgehead atoms. The van der Waals surface area contributed by atoms with Crippen LogP contribution >= 0.6 is 24.4 Å². The zero-order valence-corrected chi connectivity index (χ0v) is 8.24. The molecule has 1 unspecified atom stereocenters. The van der Waals surface area contributed by atoms with Crippen LogP contribution in [0.15, 0.2) is 30.3 Å². The van der Waals surface area contributed by atoms with E-state index in [1.165, 1.54) is 5.56 Å². The normalized spacial score (nSPS) is 12.9. The summed E-state index contributed by atoms with van der Waals surface area (Å²) in [5, 5.41) is 0. The zero-order chi connectivity index (χ0) is 8.10. The Morgan fingerprint density at radius 2 is 2.00 bits per heavy atom. The van der Waals surface area contributed by atoms with Gasteiger partial charge in [0.1, 0.15) is 0 Å². The van der Waals surface area contributed by atoms with Gasteiger partial charge in [-0.15, -0.1) is 0 Å². The van der Waals surface area contributed by atoms with Gasteiger partial charge in [-0.2, -0.15) is 24.4 Å². The van der Waals surface area contributed by atoms with E-state index in [9.17, 15) is 0 Å². The summed E-state index contributed by atoms with van der Waals surface area (Å²) in [5.74, 6) is 0. The zero-order valence-electron chi connectivity index (χ0n) is 6.53. The molecular formula is C9H12S2. The van der Waals surface area contributed by atoms with Crippen LogP contribution in [0.1, 0.15) is 5.56 Å². The third-order valence-electron chi connectivity index (χ3n) is 1.53. The predicted octanol–water partition coefficient (Wildman–Crippen LogP) is 2.85. The molecule has 0 nitrogen and oxygen atoms in total. The van der Waals surface area contributed by atoms with Crippen LogP contribution in [0.5, 0.6) is 0 Å². The van der Waals surface area contributed by atoms with E-state index in [0.717, 1.165) is 6.42 Å². The summed E-state index contributed by atoms with van der Waals surface area (Å²) in [7, 11) is 0. The number of hydrogen-bond acceptors (Lipinski definition) is 2. The highest BCUT2D eigenvalue weighted by Gasteiger charge is 2.00. The Morgan fingerprint density at radius 1 is 1.36 bits per heavy atom. The SMILES string of the molecule is CSC(S)Cc1ccccc1. The van der Waals surface area contributed by atoms with Gasteiger partial charge in [-0.05, 0) is 18.2 Å². The van der Waals surface area contributed by atoms with Crippen molar-refractivity contribution in [2.75, 3.05) is 6.26 Å². The van der Waals surface area contributed by atoms with E-state index in [2.05, 4.69) is 43.2 Å². The first kappa shape index (κ1) is 9.01. The molecule has 1 aromatic carbocycles. The van der Waals surface area contributed by atoms with Crippen molar-refractivity contribution in [3.8, 4) is 0 Å². The Bertz CT molecular complexity index is 196. The van der Waals surface area contributed by atoms with Crippen molar-refractivity contribution in [3.05, 3.63) is 35.9 Å². The topological polar surface area (TPSA) is 0 Å². The van der Waals surface area contributed by atoms with E-state index < -0.39 is 0 Å². The van der Waals surface area contributed by atoms with E-state index in [-0.39, 0.29) is 0 Å². The fourth-order valence-corrected chi connectivity index (χ4v) is 1.47. The molecule has 0 fully saturated rings. The Kier molecular flexibility index (Phi) is 3.87. The molecule has 1 aromatic rings. The van der Waals surface area contributed by atoms with E-state index in [4.69, 9.17) is 0 Å². The van der Waals surface area contributed by atoms with Crippen LogP contribution in [0.25, 0.3) is 0 Å². The van der Waals surface area contributed by atoms with Crippen molar-refractivity contribution < 1.29 is 0 Å². The van der Waals surface area contributed by atoms with Crippen LogP contribution in [0.3, 0.4) is 0 Å². The number of thiol groups is 1. The van der Waals surface area contributed by atoms with Crippen molar-refractivity contribution in [1.29, 1.82) is 0 Å². The lowest BCUT2D eigenvalue weighted by Gasteiger charge is -2.05. The lowest BCUT2D eigenvalue weighted by molar-refractivity contribution is 1.11. The van der Waals surface area contributed by atoms with Crippen molar-refractivity contribution >= 4 is 24.4 Å². The molecule has 1 atom stereocenters. The summed E-state index contributed by atoms with van der Waals surface area (Å²) in [6.45, 7) is 0. The predicted molar refractivity (Wildman–Crippen MR) is 56.4 cm³/mol. The monoisotopic (exact) mass is 184 g/mol. The molecule has 60 valence electrons. The lowest BCUT2D eigenvalue weighted by Crippen LogP contribution is -1.96. The maximum Gasteiger partial charge on any atom is 0.0509 e. The van der Waals surface area contributed by atoms with E-state index in [0.29, 0.717) is 4.58 Å². The highest BCUT2D eigenvalue weighted by atomic mass is 32.2. The molecule has 11 heavy (non-hydrogen) atoms. The molecule has 0 saturated carbocycles. The maximum atomic E-state index is 4.40. The fraction of sp³-hybridized carbons (Fsp3) is 0.333. The third kappa shape index (κ3) is 3.21. The Morgan fingerprint density at radius 3 is 2.55 bits per heavy atom. The first-order chi connectivity index (χ1) is 5.33. The molecule has 0 aliphatic carbocycles. The highest BCUT2D eigenvalue weighted by molar-refractivity contribution is 8.09. The van der Waals surface area contributed by atoms with Gasteiger partial charge in [0, 0.05) is 0 Å². The minimum absolute atomic E-state index is 0.428. The molecular weight excluding hydrogens is 172 g/mol. The standard InChI is InChI=1S/C9H12S2/c1-11-9(10)7-8-5-3-2-4-6-8/h2-6,9-10H,7H2,1H3. The van der Waals surface area contributed by atoms with Gasteiger partial charge in [0.05, 0.1) is 4.58 Å².